The maximum absolute atomic E-state index is 13.2. The first-order valence-electron chi connectivity index (χ1n) is 8.80. The second-order valence-electron chi connectivity index (χ2n) is 7.12. The summed E-state index contributed by atoms with van der Waals surface area (Å²) in [5.41, 5.74) is -1.86. The Labute approximate surface area is 159 Å². The van der Waals surface area contributed by atoms with E-state index in [1.54, 1.807) is 30.3 Å². The molecule has 0 saturated carbocycles. The van der Waals surface area contributed by atoms with Gasteiger partial charge in [0.15, 0.2) is 0 Å². The molecule has 2 atom stereocenters. The quantitative estimate of drug-likeness (QED) is 0.773. The molecule has 2 heterocycles. The summed E-state index contributed by atoms with van der Waals surface area (Å²) in [5.74, 6) is -0.331. The monoisotopic (exact) mass is 392 g/mol. The molecule has 1 saturated heterocycles. The molecule has 0 aliphatic carbocycles. The summed E-state index contributed by atoms with van der Waals surface area (Å²) in [6.45, 7) is 4.02. The third-order valence-corrected chi connectivity index (χ3v) is 6.77. The fraction of sp³-hybridized carbons (Fsp3) is 0.444. The zero-order chi connectivity index (χ0) is 19.8. The van der Waals surface area contributed by atoms with E-state index in [1.807, 2.05) is 13.8 Å². The fourth-order valence-electron chi connectivity index (χ4n) is 3.32. The smallest absolute Gasteiger partial charge is 0.309 e. The summed E-state index contributed by atoms with van der Waals surface area (Å²) >= 11 is 0. The summed E-state index contributed by atoms with van der Waals surface area (Å²) in [4.78, 5) is 13.2. The molecule has 9 heteroatoms. The van der Waals surface area contributed by atoms with Crippen LogP contribution in [0.2, 0.25) is 0 Å². The molecule has 0 bridgehead atoms. The molecule has 1 aromatic heterocycles. The van der Waals surface area contributed by atoms with E-state index < -0.39 is 27.9 Å². The third kappa shape index (κ3) is 3.15. The minimum Gasteiger partial charge on any atom is -0.361 e. The molecule has 1 aromatic carbocycles. The van der Waals surface area contributed by atoms with Gasteiger partial charge in [0.25, 0.3) is 5.91 Å². The van der Waals surface area contributed by atoms with E-state index in [1.165, 1.54) is 19.3 Å². The minimum absolute atomic E-state index is 0.100. The molecule has 2 aromatic rings. The van der Waals surface area contributed by atoms with Crippen molar-refractivity contribution in [1.82, 2.24) is 18.8 Å². The van der Waals surface area contributed by atoms with Crippen molar-refractivity contribution in [2.75, 3.05) is 7.05 Å². The highest BCUT2D eigenvalue weighted by molar-refractivity contribution is 7.87. The van der Waals surface area contributed by atoms with Gasteiger partial charge in [0, 0.05) is 18.8 Å². The lowest BCUT2D eigenvalue weighted by molar-refractivity contribution is -0.141. The second-order valence-corrected chi connectivity index (χ2v) is 8.96. The highest BCUT2D eigenvalue weighted by Gasteiger charge is 2.58. The Morgan fingerprint density at radius 3 is 2.48 bits per heavy atom. The largest absolute Gasteiger partial charge is 0.361 e. The summed E-state index contributed by atoms with van der Waals surface area (Å²) in [5, 5.41) is 18.0. The Balaban J connectivity index is 2.13. The number of likely N-dealkylation sites (N-methyl/N-ethyl adjacent to an activating group) is 1. The van der Waals surface area contributed by atoms with Crippen LogP contribution in [0.5, 0.6) is 0 Å². The van der Waals surface area contributed by atoms with Crippen LogP contribution in [-0.2, 0) is 20.7 Å². The zero-order valence-electron chi connectivity index (χ0n) is 15.5. The maximum Gasteiger partial charge on any atom is 0.309 e. The number of rotatable bonds is 6. The molecule has 0 spiro atoms. The van der Waals surface area contributed by atoms with E-state index >= 15 is 0 Å². The van der Waals surface area contributed by atoms with E-state index in [0.717, 1.165) is 4.31 Å². The van der Waals surface area contributed by atoms with E-state index in [4.69, 9.17) is 0 Å². The van der Waals surface area contributed by atoms with Gasteiger partial charge in [-0.15, -0.1) is 0 Å². The molecule has 1 amide bonds. The molecule has 1 aliphatic rings. The topological polar surface area (TPSA) is 107 Å². The van der Waals surface area contributed by atoms with Crippen molar-refractivity contribution >= 4 is 16.1 Å². The molecule has 146 valence electrons. The first-order valence-corrected chi connectivity index (χ1v) is 10.2. The average molecular weight is 392 g/mol. The molecule has 2 unspecified atom stereocenters. The van der Waals surface area contributed by atoms with Crippen LogP contribution in [0.15, 0.2) is 42.6 Å². The molecule has 1 fully saturated rings. The van der Waals surface area contributed by atoms with Gasteiger partial charge in [0.1, 0.15) is 6.04 Å². The van der Waals surface area contributed by atoms with Crippen LogP contribution in [0.4, 0.5) is 0 Å². The van der Waals surface area contributed by atoms with E-state index in [0.29, 0.717) is 23.1 Å². The number of aromatic amines is 1. The lowest BCUT2D eigenvalue weighted by atomic mass is 9.97. The Bertz CT molecular complexity index is 899. The van der Waals surface area contributed by atoms with Gasteiger partial charge < -0.3 is 5.11 Å². The standard InChI is InChI=1S/C18H24N4O4S/c1-13(2)9-10-15-17(23)22(27(25,26)21(15)3)18(24,16-11-12-19-20-16)14-7-5-4-6-8-14/h4-8,11-13,15,24H,9-10H2,1-3H3,(H,19,20). The normalized spacial score (nSPS) is 22.3. The SMILES string of the molecule is CC(C)CCC1C(=O)N(C(O)(c2ccccc2)c2ccn[nH]2)S(=O)(=O)N1C. The molecule has 3 rings (SSSR count). The van der Waals surface area contributed by atoms with Crippen molar-refractivity contribution in [2.24, 2.45) is 5.92 Å². The predicted octanol–water partition coefficient (Wildman–Crippen LogP) is 1.43. The summed E-state index contributed by atoms with van der Waals surface area (Å²) in [7, 11) is -2.85. The average Bonchev–Trinajstić information content (AvgIpc) is 3.21. The third-order valence-electron chi connectivity index (χ3n) is 4.88. The van der Waals surface area contributed by atoms with E-state index in [2.05, 4.69) is 10.2 Å². The van der Waals surface area contributed by atoms with Crippen molar-refractivity contribution in [2.45, 2.75) is 38.5 Å². The van der Waals surface area contributed by atoms with Gasteiger partial charge in [-0.25, -0.2) is 0 Å². The van der Waals surface area contributed by atoms with Gasteiger partial charge in [0.05, 0.1) is 5.69 Å². The number of aliphatic hydroxyl groups is 1. The van der Waals surface area contributed by atoms with Crippen LogP contribution in [-0.4, -0.2) is 51.3 Å². The number of H-pyrrole nitrogens is 1. The van der Waals surface area contributed by atoms with Crippen molar-refractivity contribution < 1.29 is 18.3 Å². The van der Waals surface area contributed by atoms with Crippen molar-refractivity contribution in [3.63, 3.8) is 0 Å². The van der Waals surface area contributed by atoms with E-state index in [9.17, 15) is 18.3 Å². The highest BCUT2D eigenvalue weighted by atomic mass is 32.2. The number of amides is 1. The minimum atomic E-state index is -4.22. The van der Waals surface area contributed by atoms with Gasteiger partial charge in [-0.2, -0.15) is 22.1 Å². The van der Waals surface area contributed by atoms with Crippen LogP contribution in [0.3, 0.4) is 0 Å². The number of nitrogens with zero attached hydrogens (tertiary/aromatic N) is 3. The van der Waals surface area contributed by atoms with Crippen LogP contribution >= 0.6 is 0 Å². The molecule has 1 aliphatic heterocycles. The van der Waals surface area contributed by atoms with Gasteiger partial charge in [-0.1, -0.05) is 44.2 Å². The first-order chi connectivity index (χ1) is 12.7. The Morgan fingerprint density at radius 1 is 1.26 bits per heavy atom. The lowest BCUT2D eigenvalue weighted by Crippen LogP contribution is -2.51. The molecule has 0 radical (unpaired) electrons. The predicted molar refractivity (Wildman–Crippen MR) is 99.4 cm³/mol. The molecule has 27 heavy (non-hydrogen) atoms. The van der Waals surface area contributed by atoms with Crippen LogP contribution in [0, 0.1) is 5.92 Å². The number of benzene rings is 1. The summed E-state index contributed by atoms with van der Waals surface area (Å²) < 4.78 is 27.8. The van der Waals surface area contributed by atoms with Gasteiger partial charge in [-0.3, -0.25) is 9.89 Å². The van der Waals surface area contributed by atoms with Crippen LogP contribution < -0.4 is 0 Å². The molecular formula is C18H24N4O4S. The Morgan fingerprint density at radius 2 is 1.93 bits per heavy atom. The number of aromatic nitrogens is 2. The van der Waals surface area contributed by atoms with Gasteiger partial charge in [0.2, 0.25) is 5.72 Å². The van der Waals surface area contributed by atoms with Crippen LogP contribution in [0.1, 0.15) is 37.9 Å². The van der Waals surface area contributed by atoms with Gasteiger partial charge in [-0.05, 0) is 24.8 Å². The molecule has 8 nitrogen and oxygen atoms in total. The Kier molecular flexibility index (Phi) is 5.11. The number of hydrogen-bond donors (Lipinski definition) is 2. The summed E-state index contributed by atoms with van der Waals surface area (Å²) in [6, 6.07) is 8.84. The van der Waals surface area contributed by atoms with E-state index in [-0.39, 0.29) is 11.3 Å². The maximum atomic E-state index is 13.2. The first kappa shape index (κ1) is 19.5. The van der Waals surface area contributed by atoms with Crippen molar-refractivity contribution in [1.29, 1.82) is 0 Å². The van der Waals surface area contributed by atoms with Crippen molar-refractivity contribution in [3.8, 4) is 0 Å². The number of carbonyl (C=O) groups excluding carboxylic acids is 1. The lowest BCUT2D eigenvalue weighted by Gasteiger charge is -2.34. The van der Waals surface area contributed by atoms with Crippen LogP contribution in [0.25, 0.3) is 0 Å². The van der Waals surface area contributed by atoms with Crippen molar-refractivity contribution in [3.05, 3.63) is 53.9 Å². The summed E-state index contributed by atoms with van der Waals surface area (Å²) in [6.07, 6.45) is 2.48. The Hall–Kier alpha value is -2.23. The molecule has 2 N–H and O–H groups in total. The number of carbonyl (C=O) groups is 1. The zero-order valence-corrected chi connectivity index (χ0v) is 16.3. The number of nitrogens with one attached hydrogen (secondary N) is 1. The van der Waals surface area contributed by atoms with Gasteiger partial charge >= 0.3 is 10.2 Å². The molecular weight excluding hydrogens is 368 g/mol. The highest BCUT2D eigenvalue weighted by Crippen LogP contribution is 2.40. The second kappa shape index (κ2) is 7.06. The fourth-order valence-corrected chi connectivity index (χ4v) is 4.98. The number of hydrogen-bond acceptors (Lipinski definition) is 5.